The lowest BCUT2D eigenvalue weighted by Crippen LogP contribution is -2.41. The Kier molecular flexibility index (Phi) is 7.11. The molecule has 1 amide bonds. The summed E-state index contributed by atoms with van der Waals surface area (Å²) >= 11 is 0. The maximum atomic E-state index is 11.9. The Hall–Kier alpha value is -2.35. The second kappa shape index (κ2) is 8.98. The molecular formula is C14H21N4O10P. The highest BCUT2D eigenvalue weighted by Crippen LogP contribution is 2.38. The average Bonchev–Trinajstić information content (AvgIpc) is 2.96. The van der Waals surface area contributed by atoms with E-state index in [9.17, 15) is 33.7 Å². The molecular weight excluding hydrogens is 415 g/mol. The van der Waals surface area contributed by atoms with Crippen LogP contribution in [0.15, 0.2) is 15.8 Å². The third-order valence-electron chi connectivity index (χ3n) is 4.06. The van der Waals surface area contributed by atoms with Gasteiger partial charge < -0.3 is 25.6 Å². The topological polar surface area (TPSA) is 223 Å². The van der Waals surface area contributed by atoms with Crippen molar-refractivity contribution in [3.05, 3.63) is 32.6 Å². The third kappa shape index (κ3) is 6.06. The Balaban J connectivity index is 1.97. The highest BCUT2D eigenvalue weighted by atomic mass is 31.2. The molecule has 1 aromatic heterocycles. The van der Waals surface area contributed by atoms with E-state index in [1.165, 1.54) is 13.1 Å². The number of nitrogens with zero attached hydrogens (tertiary/aromatic N) is 1. The number of carbonyl (C=O) groups excluding carboxylic acids is 1. The Morgan fingerprint density at radius 3 is 2.79 bits per heavy atom. The second-order valence-electron chi connectivity index (χ2n) is 6.41. The smallest absolute Gasteiger partial charge is 0.432 e. The number of ether oxygens (including phenoxy) is 1. The van der Waals surface area contributed by atoms with Crippen LogP contribution in [0.3, 0.4) is 0 Å². The van der Waals surface area contributed by atoms with Crippen molar-refractivity contribution in [2.75, 3.05) is 6.61 Å². The molecule has 2 heterocycles. The molecule has 0 aliphatic carbocycles. The first-order chi connectivity index (χ1) is 13.4. The Morgan fingerprint density at radius 2 is 2.17 bits per heavy atom. The van der Waals surface area contributed by atoms with Crippen LogP contribution in [0.5, 0.6) is 0 Å². The zero-order chi connectivity index (χ0) is 21.9. The SMILES string of the molecule is Cc1cn([C@@H]2C[C@H](O)[C@@H](COP(=O)(O)NC(=O)[C@@H](N)CC(=O)O)O2)c(=O)[nH]c1=O. The Bertz CT molecular complexity index is 943. The number of hydrogen-bond donors (Lipinski definition) is 6. The number of aromatic nitrogens is 2. The lowest BCUT2D eigenvalue weighted by Gasteiger charge is -2.19. The summed E-state index contributed by atoms with van der Waals surface area (Å²) in [5.41, 5.74) is 4.20. The van der Waals surface area contributed by atoms with Gasteiger partial charge in [0.2, 0.25) is 5.91 Å². The second-order valence-corrected chi connectivity index (χ2v) is 7.93. The van der Waals surface area contributed by atoms with Crippen LogP contribution in [0, 0.1) is 6.92 Å². The zero-order valence-electron chi connectivity index (χ0n) is 15.2. The molecule has 0 bridgehead atoms. The van der Waals surface area contributed by atoms with Crippen molar-refractivity contribution < 1.29 is 38.5 Å². The molecule has 5 atom stereocenters. The quantitative estimate of drug-likeness (QED) is 0.234. The van der Waals surface area contributed by atoms with Gasteiger partial charge >= 0.3 is 19.4 Å². The fraction of sp³-hybridized carbons (Fsp3) is 0.571. The molecule has 0 spiro atoms. The first kappa shape index (κ1) is 22.9. The number of hydrogen-bond acceptors (Lipinski definition) is 9. The molecule has 1 saturated heterocycles. The van der Waals surface area contributed by atoms with Crippen molar-refractivity contribution >= 4 is 19.6 Å². The van der Waals surface area contributed by atoms with Crippen LogP contribution in [0.4, 0.5) is 0 Å². The van der Waals surface area contributed by atoms with Crippen LogP contribution < -0.4 is 22.1 Å². The van der Waals surface area contributed by atoms with Gasteiger partial charge in [-0.2, -0.15) is 0 Å². The van der Waals surface area contributed by atoms with Crippen LogP contribution in [-0.2, 0) is 23.4 Å². The summed E-state index contributed by atoms with van der Waals surface area (Å²) in [6, 6.07) is -1.57. The molecule has 0 radical (unpaired) electrons. The molecule has 162 valence electrons. The first-order valence-corrected chi connectivity index (χ1v) is 9.90. The average molecular weight is 436 g/mol. The first-order valence-electron chi connectivity index (χ1n) is 8.32. The Morgan fingerprint density at radius 1 is 1.52 bits per heavy atom. The number of carboxylic acid groups (broad SMARTS) is 1. The summed E-state index contributed by atoms with van der Waals surface area (Å²) in [6.45, 7) is 0.845. The van der Waals surface area contributed by atoms with Crippen molar-refractivity contribution in [1.82, 2.24) is 14.6 Å². The highest BCUT2D eigenvalue weighted by molar-refractivity contribution is 7.51. The van der Waals surface area contributed by atoms with Crippen molar-refractivity contribution in [1.29, 1.82) is 0 Å². The minimum Gasteiger partial charge on any atom is -0.481 e. The van der Waals surface area contributed by atoms with E-state index in [4.69, 9.17) is 20.1 Å². The van der Waals surface area contributed by atoms with E-state index >= 15 is 0 Å². The zero-order valence-corrected chi connectivity index (χ0v) is 16.1. The summed E-state index contributed by atoms with van der Waals surface area (Å²) in [5.74, 6) is -2.58. The van der Waals surface area contributed by atoms with Crippen molar-refractivity contribution in [2.24, 2.45) is 5.73 Å². The predicted molar refractivity (Wildman–Crippen MR) is 94.7 cm³/mol. The lowest BCUT2D eigenvalue weighted by atomic mass is 10.2. The maximum Gasteiger partial charge on any atom is 0.432 e. The molecule has 1 aromatic rings. The van der Waals surface area contributed by atoms with Gasteiger partial charge in [0.05, 0.1) is 25.2 Å². The van der Waals surface area contributed by atoms with Gasteiger partial charge in [0.15, 0.2) is 0 Å². The molecule has 15 heteroatoms. The number of aliphatic carboxylic acids is 1. The molecule has 0 aromatic carbocycles. The minimum atomic E-state index is -4.72. The number of carboxylic acids is 1. The highest BCUT2D eigenvalue weighted by Gasteiger charge is 2.38. The molecule has 7 N–H and O–H groups in total. The number of aliphatic hydroxyl groups is 1. The fourth-order valence-electron chi connectivity index (χ4n) is 2.55. The van der Waals surface area contributed by atoms with Gasteiger partial charge in [-0.25, -0.2) is 9.36 Å². The molecule has 1 aliphatic heterocycles. The van der Waals surface area contributed by atoms with E-state index in [-0.39, 0.29) is 12.0 Å². The van der Waals surface area contributed by atoms with Gasteiger partial charge in [0, 0.05) is 18.2 Å². The van der Waals surface area contributed by atoms with E-state index < -0.39 is 68.4 Å². The van der Waals surface area contributed by atoms with Gasteiger partial charge in [0.25, 0.3) is 5.56 Å². The lowest BCUT2D eigenvalue weighted by molar-refractivity contribution is -0.139. The summed E-state index contributed by atoms with van der Waals surface area (Å²) in [5, 5.41) is 20.2. The van der Waals surface area contributed by atoms with Gasteiger partial charge in [0.1, 0.15) is 12.3 Å². The number of aryl methyl sites for hydroxylation is 1. The molecule has 0 saturated carbocycles. The molecule has 1 unspecified atom stereocenters. The number of H-pyrrole nitrogens is 1. The number of aliphatic hydroxyl groups excluding tert-OH is 1. The predicted octanol–water partition coefficient (Wildman–Crippen LogP) is -2.47. The largest absolute Gasteiger partial charge is 0.481 e. The molecule has 1 fully saturated rings. The number of carbonyl (C=O) groups is 2. The third-order valence-corrected chi connectivity index (χ3v) is 5.06. The summed E-state index contributed by atoms with van der Waals surface area (Å²) in [7, 11) is -4.72. The van der Waals surface area contributed by atoms with Crippen LogP contribution in [-0.4, -0.2) is 61.4 Å². The maximum absolute atomic E-state index is 11.9. The number of rotatable bonds is 8. The Labute approximate surface area is 162 Å². The van der Waals surface area contributed by atoms with Gasteiger partial charge in [-0.1, -0.05) is 0 Å². The van der Waals surface area contributed by atoms with Gasteiger partial charge in [-0.15, -0.1) is 0 Å². The molecule has 1 aliphatic rings. The number of nitrogens with two attached hydrogens (primary N) is 1. The van der Waals surface area contributed by atoms with Crippen LogP contribution in [0.1, 0.15) is 24.6 Å². The summed E-state index contributed by atoms with van der Waals surface area (Å²) in [4.78, 5) is 57.2. The van der Waals surface area contributed by atoms with Gasteiger partial charge in [-0.05, 0) is 6.92 Å². The summed E-state index contributed by atoms with van der Waals surface area (Å²) in [6.07, 6.45) is -2.83. The molecule has 2 rings (SSSR count). The van der Waals surface area contributed by atoms with E-state index in [1.807, 2.05) is 0 Å². The van der Waals surface area contributed by atoms with Crippen molar-refractivity contribution in [2.45, 2.75) is 44.2 Å². The van der Waals surface area contributed by atoms with E-state index in [2.05, 4.69) is 4.98 Å². The fourth-order valence-corrected chi connectivity index (χ4v) is 3.40. The summed E-state index contributed by atoms with van der Waals surface area (Å²) < 4.78 is 23.2. The van der Waals surface area contributed by atoms with Crippen molar-refractivity contribution in [3.8, 4) is 0 Å². The minimum absolute atomic E-state index is 0.0645. The van der Waals surface area contributed by atoms with E-state index in [0.29, 0.717) is 0 Å². The monoisotopic (exact) mass is 436 g/mol. The number of amides is 1. The van der Waals surface area contributed by atoms with Crippen LogP contribution in [0.25, 0.3) is 0 Å². The van der Waals surface area contributed by atoms with Gasteiger partial charge in [-0.3, -0.25) is 33.5 Å². The normalized spacial score (nSPS) is 24.6. The molecule has 29 heavy (non-hydrogen) atoms. The standard InChI is InChI=1S/C14H21N4O10P/c1-6-4-18(14(24)16-12(6)22)10-3-8(19)9(28-10)5-27-29(25,26)17-13(23)7(15)2-11(20)21/h4,7-10,19H,2-3,5,15H2,1H3,(H,20,21)(H,16,22,24)(H2,17,23,25,26)/t7-,8-,9+,10-/m0/s1. The van der Waals surface area contributed by atoms with Crippen LogP contribution in [0.2, 0.25) is 0 Å². The van der Waals surface area contributed by atoms with Crippen molar-refractivity contribution in [3.63, 3.8) is 0 Å². The van der Waals surface area contributed by atoms with Crippen LogP contribution >= 0.6 is 7.75 Å². The van der Waals surface area contributed by atoms with E-state index in [0.717, 1.165) is 4.57 Å². The number of aromatic amines is 1. The number of nitrogens with one attached hydrogen (secondary N) is 2. The van der Waals surface area contributed by atoms with E-state index in [1.54, 1.807) is 5.09 Å². The molecule has 14 nitrogen and oxygen atoms in total.